The van der Waals surface area contributed by atoms with Crippen LogP contribution in [0.3, 0.4) is 0 Å². The molecule has 3 unspecified atom stereocenters. The maximum atomic E-state index is 9.17. The molecule has 2 N–H and O–H groups in total. The van der Waals surface area contributed by atoms with Crippen molar-refractivity contribution >= 4 is 0 Å². The quantitative estimate of drug-likeness (QED) is 0.788. The van der Waals surface area contributed by atoms with Crippen molar-refractivity contribution in [2.24, 2.45) is 11.8 Å². The summed E-state index contributed by atoms with van der Waals surface area (Å²) in [6, 6.07) is 9.52. The van der Waals surface area contributed by atoms with E-state index in [-0.39, 0.29) is 12.5 Å². The number of hydrogen-bond acceptors (Lipinski definition) is 2. The average molecular weight is 263 g/mol. The van der Waals surface area contributed by atoms with Crippen molar-refractivity contribution in [3.8, 4) is 0 Å². The van der Waals surface area contributed by atoms with Gasteiger partial charge in [0.25, 0.3) is 0 Å². The zero-order valence-corrected chi connectivity index (χ0v) is 13.0. The fraction of sp³-hybridized carbons (Fsp3) is 0.647. The zero-order chi connectivity index (χ0) is 14.4. The second-order valence-corrected chi connectivity index (χ2v) is 6.18. The minimum atomic E-state index is 0.230. The molecule has 19 heavy (non-hydrogen) atoms. The number of nitrogens with one attached hydrogen (secondary N) is 1. The highest BCUT2D eigenvalue weighted by atomic mass is 16.3. The minimum absolute atomic E-state index is 0.230. The number of benzene rings is 1. The minimum Gasteiger partial charge on any atom is -0.396 e. The van der Waals surface area contributed by atoms with Gasteiger partial charge in [0.15, 0.2) is 0 Å². The summed E-state index contributed by atoms with van der Waals surface area (Å²) in [6.45, 7) is 11.1. The molecule has 1 rings (SSSR count). The first-order valence-corrected chi connectivity index (χ1v) is 7.39. The molecule has 0 aromatic heterocycles. The molecule has 0 saturated carbocycles. The topological polar surface area (TPSA) is 32.3 Å². The van der Waals surface area contributed by atoms with Crippen LogP contribution in [0.2, 0.25) is 0 Å². The molecular weight excluding hydrogens is 234 g/mol. The molecule has 0 saturated heterocycles. The monoisotopic (exact) mass is 263 g/mol. The van der Waals surface area contributed by atoms with Crippen LogP contribution in [0.15, 0.2) is 24.3 Å². The van der Waals surface area contributed by atoms with Crippen molar-refractivity contribution in [3.63, 3.8) is 0 Å². The summed E-state index contributed by atoms with van der Waals surface area (Å²) in [6.07, 6.45) is 1.14. The van der Waals surface area contributed by atoms with Crippen LogP contribution >= 0.6 is 0 Å². The van der Waals surface area contributed by atoms with Crippen molar-refractivity contribution in [2.75, 3.05) is 6.61 Å². The van der Waals surface area contributed by atoms with Crippen molar-refractivity contribution in [3.05, 3.63) is 35.4 Å². The summed E-state index contributed by atoms with van der Waals surface area (Å²) < 4.78 is 0. The maximum absolute atomic E-state index is 9.17. The van der Waals surface area contributed by atoms with E-state index in [0.717, 1.165) is 6.42 Å². The van der Waals surface area contributed by atoms with Crippen LogP contribution in [0, 0.1) is 11.8 Å². The molecule has 0 radical (unpaired) electrons. The predicted octanol–water partition coefficient (Wildman–Crippen LogP) is 3.55. The zero-order valence-electron chi connectivity index (χ0n) is 13.0. The van der Waals surface area contributed by atoms with E-state index < -0.39 is 0 Å². The van der Waals surface area contributed by atoms with Gasteiger partial charge in [0, 0.05) is 18.7 Å². The van der Waals surface area contributed by atoms with Crippen LogP contribution in [0.4, 0.5) is 0 Å². The van der Waals surface area contributed by atoms with Gasteiger partial charge in [-0.3, -0.25) is 0 Å². The van der Waals surface area contributed by atoms with E-state index in [9.17, 15) is 0 Å². The van der Waals surface area contributed by atoms with Crippen LogP contribution in [0.25, 0.3) is 0 Å². The van der Waals surface area contributed by atoms with E-state index in [0.29, 0.717) is 18.0 Å². The second kappa shape index (κ2) is 7.66. The highest BCUT2D eigenvalue weighted by molar-refractivity contribution is 5.25. The highest BCUT2D eigenvalue weighted by Crippen LogP contribution is 2.17. The van der Waals surface area contributed by atoms with Gasteiger partial charge in [0.2, 0.25) is 0 Å². The van der Waals surface area contributed by atoms with Crippen molar-refractivity contribution < 1.29 is 5.11 Å². The van der Waals surface area contributed by atoms with Crippen LogP contribution in [-0.4, -0.2) is 17.8 Å². The third kappa shape index (κ3) is 5.33. The summed E-state index contributed by atoms with van der Waals surface area (Å²) in [4.78, 5) is 0. The summed E-state index contributed by atoms with van der Waals surface area (Å²) in [7, 11) is 0. The lowest BCUT2D eigenvalue weighted by molar-refractivity contribution is 0.202. The Morgan fingerprint density at radius 2 is 1.58 bits per heavy atom. The highest BCUT2D eigenvalue weighted by Gasteiger charge is 2.14. The van der Waals surface area contributed by atoms with Gasteiger partial charge in [-0.2, -0.15) is 0 Å². The molecule has 0 amide bonds. The lowest BCUT2D eigenvalue weighted by Crippen LogP contribution is -2.35. The summed E-state index contributed by atoms with van der Waals surface area (Å²) in [5.74, 6) is 0.981. The molecule has 0 spiro atoms. The van der Waals surface area contributed by atoms with Crippen LogP contribution in [0.1, 0.15) is 51.8 Å². The molecule has 0 aliphatic carbocycles. The average Bonchev–Trinajstić information content (AvgIpc) is 2.37. The largest absolute Gasteiger partial charge is 0.396 e. The summed E-state index contributed by atoms with van der Waals surface area (Å²) in [5.41, 5.74) is 2.72. The number of rotatable bonds is 7. The fourth-order valence-corrected chi connectivity index (χ4v) is 2.23. The Labute approximate surface area is 118 Å². The first kappa shape index (κ1) is 16.2. The SMILES string of the molecule is CC(C)Cc1ccc(C(C)NC(C)C(C)CO)cc1. The molecule has 0 aliphatic heterocycles. The molecule has 0 fully saturated rings. The van der Waals surface area contributed by atoms with E-state index in [1.54, 1.807) is 0 Å². The third-order valence-corrected chi connectivity index (χ3v) is 3.78. The first-order valence-electron chi connectivity index (χ1n) is 7.39. The van der Waals surface area contributed by atoms with Crippen molar-refractivity contribution in [2.45, 2.75) is 53.1 Å². The van der Waals surface area contributed by atoms with Gasteiger partial charge in [0.1, 0.15) is 0 Å². The van der Waals surface area contributed by atoms with Crippen LogP contribution in [-0.2, 0) is 6.42 Å². The molecule has 1 aromatic carbocycles. The Hall–Kier alpha value is -0.860. The fourth-order valence-electron chi connectivity index (χ4n) is 2.23. The van der Waals surface area contributed by atoms with E-state index in [1.165, 1.54) is 11.1 Å². The smallest absolute Gasteiger partial charge is 0.0471 e. The van der Waals surface area contributed by atoms with Gasteiger partial charge in [0.05, 0.1) is 0 Å². The standard InChI is InChI=1S/C17H29NO/c1-12(2)10-16-6-8-17(9-7-16)15(5)18-14(4)13(3)11-19/h6-9,12-15,18-19H,10-11H2,1-5H3. The van der Waals surface area contributed by atoms with E-state index >= 15 is 0 Å². The van der Waals surface area contributed by atoms with Crippen molar-refractivity contribution in [1.82, 2.24) is 5.32 Å². The Kier molecular flexibility index (Phi) is 6.53. The van der Waals surface area contributed by atoms with Crippen LogP contribution < -0.4 is 5.32 Å². The molecule has 108 valence electrons. The van der Waals surface area contributed by atoms with Crippen LogP contribution in [0.5, 0.6) is 0 Å². The Morgan fingerprint density at radius 3 is 2.05 bits per heavy atom. The van der Waals surface area contributed by atoms with Gasteiger partial charge in [-0.15, -0.1) is 0 Å². The lowest BCUT2D eigenvalue weighted by Gasteiger charge is -2.24. The third-order valence-electron chi connectivity index (χ3n) is 3.78. The number of hydrogen-bond donors (Lipinski definition) is 2. The van der Waals surface area contributed by atoms with E-state index in [1.807, 2.05) is 0 Å². The molecule has 0 aliphatic rings. The normalized spacial score (nSPS) is 16.4. The maximum Gasteiger partial charge on any atom is 0.0471 e. The molecule has 1 aromatic rings. The van der Waals surface area contributed by atoms with E-state index in [4.69, 9.17) is 5.11 Å². The molecule has 2 nitrogen and oxygen atoms in total. The van der Waals surface area contributed by atoms with Gasteiger partial charge >= 0.3 is 0 Å². The Bertz CT molecular complexity index is 358. The summed E-state index contributed by atoms with van der Waals surface area (Å²) >= 11 is 0. The van der Waals surface area contributed by atoms with E-state index in [2.05, 4.69) is 64.2 Å². The van der Waals surface area contributed by atoms with Gasteiger partial charge in [-0.1, -0.05) is 45.0 Å². The molecule has 0 heterocycles. The van der Waals surface area contributed by atoms with Gasteiger partial charge in [-0.05, 0) is 43.2 Å². The molecular formula is C17H29NO. The summed E-state index contributed by atoms with van der Waals surface area (Å²) in [5, 5.41) is 12.7. The molecule has 3 atom stereocenters. The second-order valence-electron chi connectivity index (χ2n) is 6.18. The number of aliphatic hydroxyl groups is 1. The molecule has 2 heteroatoms. The number of aliphatic hydroxyl groups excluding tert-OH is 1. The van der Waals surface area contributed by atoms with Gasteiger partial charge in [-0.25, -0.2) is 0 Å². The van der Waals surface area contributed by atoms with Gasteiger partial charge < -0.3 is 10.4 Å². The first-order chi connectivity index (χ1) is 8.93. The molecule has 0 bridgehead atoms. The van der Waals surface area contributed by atoms with Crippen molar-refractivity contribution in [1.29, 1.82) is 0 Å². The Balaban J connectivity index is 2.60. The Morgan fingerprint density at radius 1 is 1.00 bits per heavy atom. The lowest BCUT2D eigenvalue weighted by atomic mass is 9.98. The predicted molar refractivity (Wildman–Crippen MR) is 82.2 cm³/mol.